The van der Waals surface area contributed by atoms with Crippen LogP contribution in [0.3, 0.4) is 0 Å². The number of nitrogens with zero attached hydrogens (tertiary/aromatic N) is 3. The number of rotatable bonds is 5. The number of hydrogen-bond donors (Lipinski definition) is 0. The van der Waals surface area contributed by atoms with Gasteiger partial charge in [0.1, 0.15) is 11.6 Å². The highest BCUT2D eigenvalue weighted by Gasteiger charge is 2.32. The molecule has 0 radical (unpaired) electrons. The summed E-state index contributed by atoms with van der Waals surface area (Å²) in [5.41, 5.74) is -0.535. The second-order valence-corrected chi connectivity index (χ2v) is 7.97. The van der Waals surface area contributed by atoms with Crippen LogP contribution in [-0.4, -0.2) is 34.5 Å². The molecule has 35 heavy (non-hydrogen) atoms. The van der Waals surface area contributed by atoms with Crippen molar-refractivity contribution in [2.24, 2.45) is 0 Å². The minimum atomic E-state index is -4.58. The lowest BCUT2D eigenvalue weighted by Crippen LogP contribution is -2.35. The Morgan fingerprint density at radius 3 is 2.43 bits per heavy atom. The van der Waals surface area contributed by atoms with Gasteiger partial charge in [0, 0.05) is 12.6 Å². The van der Waals surface area contributed by atoms with E-state index in [1.165, 1.54) is 35.8 Å². The molecule has 6 nitrogen and oxygen atoms in total. The van der Waals surface area contributed by atoms with Crippen LogP contribution in [0.2, 0.25) is 0 Å². The first-order valence-corrected chi connectivity index (χ1v) is 10.7. The number of amides is 1. The number of alkyl halides is 3. The minimum Gasteiger partial charge on any atom is -0.495 e. The summed E-state index contributed by atoms with van der Waals surface area (Å²) in [7, 11) is 2.94. The molecule has 0 aliphatic rings. The predicted octanol–water partition coefficient (Wildman–Crippen LogP) is 5.25. The maximum Gasteiger partial charge on any atom is 0.416 e. The van der Waals surface area contributed by atoms with Gasteiger partial charge in [-0.2, -0.15) is 13.2 Å². The monoisotopic (exact) mass is 481 g/mol. The molecule has 1 aromatic heterocycles. The molecule has 0 saturated heterocycles. The van der Waals surface area contributed by atoms with E-state index in [4.69, 9.17) is 4.74 Å². The van der Waals surface area contributed by atoms with Gasteiger partial charge < -0.3 is 9.64 Å². The van der Waals surface area contributed by atoms with E-state index in [1.54, 1.807) is 55.5 Å². The summed E-state index contributed by atoms with van der Waals surface area (Å²) < 4.78 is 46.4. The molecule has 1 amide bonds. The lowest BCUT2D eigenvalue weighted by molar-refractivity contribution is -0.137. The topological polar surface area (TPSA) is 64.4 Å². The first-order chi connectivity index (χ1) is 16.6. The van der Waals surface area contributed by atoms with E-state index >= 15 is 0 Å². The molecule has 180 valence electrons. The number of benzene rings is 3. The Hall–Kier alpha value is -4.14. The van der Waals surface area contributed by atoms with E-state index in [9.17, 15) is 22.8 Å². The van der Waals surface area contributed by atoms with Crippen molar-refractivity contribution in [3.05, 3.63) is 100 Å². The number of carbonyl (C=O) groups is 1. The van der Waals surface area contributed by atoms with Crippen molar-refractivity contribution < 1.29 is 22.7 Å². The first-order valence-electron chi connectivity index (χ1n) is 10.7. The summed E-state index contributed by atoms with van der Waals surface area (Å²) in [5.74, 6) is 0.0191. The Morgan fingerprint density at radius 1 is 1.03 bits per heavy atom. The van der Waals surface area contributed by atoms with Crippen molar-refractivity contribution >= 4 is 16.8 Å². The van der Waals surface area contributed by atoms with Crippen LogP contribution in [0, 0.1) is 0 Å². The number of hydrogen-bond acceptors (Lipinski definition) is 4. The standard InChI is InChI=1S/C26H22F3N3O3/c1-16(31(2)24(33)17-9-8-10-18(15-17)26(27,28)29)23-30-20-12-5-4-11-19(20)25(34)32(23)21-13-6-7-14-22(21)35-3/h4-16H,1-3H3. The number of fused-ring (bicyclic) bond motifs is 1. The number of carbonyl (C=O) groups excluding carboxylic acids is 1. The second-order valence-electron chi connectivity index (χ2n) is 7.97. The molecule has 0 aliphatic carbocycles. The largest absolute Gasteiger partial charge is 0.495 e. The summed E-state index contributed by atoms with van der Waals surface area (Å²) in [6, 6.07) is 17.2. The molecular formula is C26H22F3N3O3. The minimum absolute atomic E-state index is 0.124. The van der Waals surface area contributed by atoms with Gasteiger partial charge in [0.25, 0.3) is 11.5 Å². The molecule has 4 rings (SSSR count). The van der Waals surface area contributed by atoms with Crippen molar-refractivity contribution in [1.29, 1.82) is 0 Å². The molecule has 1 heterocycles. The normalized spacial score (nSPS) is 12.4. The summed E-state index contributed by atoms with van der Waals surface area (Å²) in [4.78, 5) is 32.7. The SMILES string of the molecule is COc1ccccc1-n1c(C(C)N(C)C(=O)c2cccc(C(F)(F)F)c2)nc2ccccc2c1=O. The lowest BCUT2D eigenvalue weighted by atomic mass is 10.1. The summed E-state index contributed by atoms with van der Waals surface area (Å²) in [6.07, 6.45) is -4.58. The van der Waals surface area contributed by atoms with Gasteiger partial charge in [-0.25, -0.2) is 4.98 Å². The van der Waals surface area contributed by atoms with Crippen molar-refractivity contribution in [1.82, 2.24) is 14.5 Å². The quantitative estimate of drug-likeness (QED) is 0.391. The Labute approximate surface area is 199 Å². The van der Waals surface area contributed by atoms with Crippen molar-refractivity contribution in [2.75, 3.05) is 14.2 Å². The van der Waals surface area contributed by atoms with Crippen LogP contribution in [0.15, 0.2) is 77.6 Å². The van der Waals surface area contributed by atoms with Gasteiger partial charge in [-0.1, -0.05) is 30.3 Å². The van der Waals surface area contributed by atoms with Crippen LogP contribution < -0.4 is 10.3 Å². The average Bonchev–Trinajstić information content (AvgIpc) is 2.87. The Morgan fingerprint density at radius 2 is 1.71 bits per heavy atom. The zero-order valence-electron chi connectivity index (χ0n) is 19.2. The van der Waals surface area contributed by atoms with Gasteiger partial charge in [0.15, 0.2) is 0 Å². The Kier molecular flexibility index (Phi) is 6.34. The van der Waals surface area contributed by atoms with Crippen molar-refractivity contribution in [3.8, 4) is 11.4 Å². The fourth-order valence-electron chi connectivity index (χ4n) is 3.86. The zero-order chi connectivity index (χ0) is 25.3. The number of halogens is 3. The third-order valence-electron chi connectivity index (χ3n) is 5.84. The lowest BCUT2D eigenvalue weighted by Gasteiger charge is -2.27. The van der Waals surface area contributed by atoms with E-state index in [0.29, 0.717) is 22.3 Å². The molecule has 1 atom stereocenters. The molecule has 0 saturated carbocycles. The van der Waals surface area contributed by atoms with E-state index in [2.05, 4.69) is 4.98 Å². The van der Waals surface area contributed by atoms with E-state index in [-0.39, 0.29) is 16.9 Å². The van der Waals surface area contributed by atoms with Crippen LogP contribution in [0.5, 0.6) is 5.75 Å². The molecule has 0 N–H and O–H groups in total. The number of para-hydroxylation sites is 3. The molecule has 0 bridgehead atoms. The Bertz CT molecular complexity index is 1460. The van der Waals surface area contributed by atoms with Crippen LogP contribution in [-0.2, 0) is 6.18 Å². The maximum atomic E-state index is 13.6. The molecule has 1 unspecified atom stereocenters. The molecule has 4 aromatic rings. The molecule has 9 heteroatoms. The highest BCUT2D eigenvalue weighted by Crippen LogP contribution is 2.31. The van der Waals surface area contributed by atoms with Crippen molar-refractivity contribution in [3.63, 3.8) is 0 Å². The van der Waals surface area contributed by atoms with Crippen LogP contribution in [0.4, 0.5) is 13.2 Å². The predicted molar refractivity (Wildman–Crippen MR) is 126 cm³/mol. The average molecular weight is 481 g/mol. The van der Waals surface area contributed by atoms with E-state index in [1.807, 2.05) is 0 Å². The number of ether oxygens (including phenoxy) is 1. The smallest absolute Gasteiger partial charge is 0.416 e. The maximum absolute atomic E-state index is 13.6. The van der Waals surface area contributed by atoms with Crippen LogP contribution in [0.1, 0.15) is 34.7 Å². The highest BCUT2D eigenvalue weighted by atomic mass is 19.4. The second kappa shape index (κ2) is 9.25. The van der Waals surface area contributed by atoms with Gasteiger partial charge in [-0.3, -0.25) is 14.2 Å². The molecule has 3 aromatic carbocycles. The third kappa shape index (κ3) is 4.49. The molecule has 0 fully saturated rings. The van der Waals surface area contributed by atoms with E-state index < -0.39 is 23.7 Å². The fraction of sp³-hybridized carbons (Fsp3) is 0.192. The summed E-state index contributed by atoms with van der Waals surface area (Å²) in [5, 5.41) is 0.376. The summed E-state index contributed by atoms with van der Waals surface area (Å²) >= 11 is 0. The van der Waals surface area contributed by atoms with Crippen molar-refractivity contribution in [2.45, 2.75) is 19.1 Å². The number of methoxy groups -OCH3 is 1. The van der Waals surface area contributed by atoms with Gasteiger partial charge >= 0.3 is 6.18 Å². The first kappa shape index (κ1) is 24.0. The third-order valence-corrected chi connectivity index (χ3v) is 5.84. The summed E-state index contributed by atoms with van der Waals surface area (Å²) in [6.45, 7) is 1.66. The van der Waals surface area contributed by atoms with E-state index in [0.717, 1.165) is 12.1 Å². The fourth-order valence-corrected chi connectivity index (χ4v) is 3.86. The Balaban J connectivity index is 1.86. The highest BCUT2D eigenvalue weighted by molar-refractivity contribution is 5.94. The molecular weight excluding hydrogens is 459 g/mol. The van der Waals surface area contributed by atoms with Crippen LogP contribution >= 0.6 is 0 Å². The number of aromatic nitrogens is 2. The zero-order valence-corrected chi connectivity index (χ0v) is 19.2. The molecule has 0 spiro atoms. The van der Waals surface area contributed by atoms with Gasteiger partial charge in [0.05, 0.1) is 35.3 Å². The van der Waals surface area contributed by atoms with Gasteiger partial charge in [-0.15, -0.1) is 0 Å². The van der Waals surface area contributed by atoms with Crippen LogP contribution in [0.25, 0.3) is 16.6 Å². The van der Waals surface area contributed by atoms with Gasteiger partial charge in [0.2, 0.25) is 0 Å². The molecule has 0 aliphatic heterocycles. The van der Waals surface area contributed by atoms with Gasteiger partial charge in [-0.05, 0) is 49.4 Å².